The lowest BCUT2D eigenvalue weighted by Gasteiger charge is -1.95. The Labute approximate surface area is 79.8 Å². The molecule has 0 atom stereocenters. The van der Waals surface area contributed by atoms with Crippen molar-refractivity contribution >= 4 is 29.0 Å². The maximum absolute atomic E-state index is 11.2. The Morgan fingerprint density at radius 2 is 2.15 bits per heavy atom. The van der Waals surface area contributed by atoms with Crippen molar-refractivity contribution in [2.45, 2.75) is 6.92 Å². The lowest BCUT2D eigenvalue weighted by molar-refractivity contribution is 0.101. The molecule has 0 aliphatic carbocycles. The van der Waals surface area contributed by atoms with E-state index >= 15 is 0 Å². The molecule has 2 rings (SSSR count). The fourth-order valence-electron chi connectivity index (χ4n) is 1.35. The number of carbonyl (C=O) groups is 1. The van der Waals surface area contributed by atoms with Gasteiger partial charge in [0.2, 0.25) is 0 Å². The minimum atomic E-state index is 0.0378. The zero-order chi connectivity index (χ0) is 9.42. The molecule has 3 nitrogen and oxygen atoms in total. The van der Waals surface area contributed by atoms with Crippen LogP contribution in [0.25, 0.3) is 11.0 Å². The summed E-state index contributed by atoms with van der Waals surface area (Å²) in [7, 11) is 0. The van der Waals surface area contributed by atoms with Crippen LogP contribution in [0.5, 0.6) is 0 Å². The second-order valence-corrected chi connectivity index (χ2v) is 3.27. The van der Waals surface area contributed by atoms with Gasteiger partial charge in [0.05, 0.1) is 11.0 Å². The van der Waals surface area contributed by atoms with Crippen LogP contribution in [0.4, 0.5) is 0 Å². The van der Waals surface area contributed by atoms with Gasteiger partial charge in [0.15, 0.2) is 10.6 Å². The zero-order valence-electron chi connectivity index (χ0n) is 7.05. The summed E-state index contributed by atoms with van der Waals surface area (Å²) in [6.45, 7) is 1.54. The minimum Gasteiger partial charge on any atom is -0.331 e. The van der Waals surface area contributed by atoms with E-state index in [9.17, 15) is 4.79 Å². The summed E-state index contributed by atoms with van der Waals surface area (Å²) in [6, 6.07) is 5.50. The van der Waals surface area contributed by atoms with Crippen LogP contribution in [-0.2, 0) is 0 Å². The molecule has 1 aromatic carbocycles. The molecule has 0 saturated carbocycles. The lowest BCUT2D eigenvalue weighted by atomic mass is 10.1. The number of carbonyl (C=O) groups excluding carboxylic acids is 1. The molecule has 0 amide bonds. The van der Waals surface area contributed by atoms with Gasteiger partial charge in [-0.05, 0) is 31.3 Å². The highest BCUT2D eigenvalue weighted by atomic mass is 32.1. The van der Waals surface area contributed by atoms with Crippen LogP contribution in [0.2, 0.25) is 0 Å². The van der Waals surface area contributed by atoms with E-state index in [1.807, 2.05) is 12.1 Å². The van der Waals surface area contributed by atoms with Crippen molar-refractivity contribution < 1.29 is 4.79 Å². The minimum absolute atomic E-state index is 0.0378. The molecule has 1 heterocycles. The van der Waals surface area contributed by atoms with Gasteiger partial charge in [-0.3, -0.25) is 4.79 Å². The topological polar surface area (TPSA) is 48.6 Å². The van der Waals surface area contributed by atoms with Crippen molar-refractivity contribution in [3.63, 3.8) is 0 Å². The molecule has 2 aromatic rings. The molecule has 0 radical (unpaired) electrons. The largest absolute Gasteiger partial charge is 0.331 e. The molecule has 66 valence electrons. The van der Waals surface area contributed by atoms with E-state index in [1.54, 1.807) is 13.0 Å². The third-order valence-corrected chi connectivity index (χ3v) is 2.13. The van der Waals surface area contributed by atoms with Crippen LogP contribution in [0.1, 0.15) is 17.3 Å². The van der Waals surface area contributed by atoms with E-state index < -0.39 is 0 Å². The Hall–Kier alpha value is -1.42. The number of rotatable bonds is 1. The number of benzene rings is 1. The quantitative estimate of drug-likeness (QED) is 0.538. The first-order valence-corrected chi connectivity index (χ1v) is 4.31. The molecule has 1 aromatic heterocycles. The molecule has 13 heavy (non-hydrogen) atoms. The van der Waals surface area contributed by atoms with Crippen LogP contribution >= 0.6 is 12.2 Å². The highest BCUT2D eigenvalue weighted by Crippen LogP contribution is 2.15. The summed E-state index contributed by atoms with van der Waals surface area (Å²) in [6.07, 6.45) is 0. The van der Waals surface area contributed by atoms with Gasteiger partial charge in [0.25, 0.3) is 0 Å². The van der Waals surface area contributed by atoms with Crippen LogP contribution in [-0.4, -0.2) is 15.8 Å². The normalized spacial score (nSPS) is 10.5. The number of aromatic amines is 2. The van der Waals surface area contributed by atoms with Crippen LogP contribution in [0, 0.1) is 4.77 Å². The van der Waals surface area contributed by atoms with Gasteiger partial charge in [-0.25, -0.2) is 0 Å². The van der Waals surface area contributed by atoms with E-state index in [1.165, 1.54) is 0 Å². The number of hydrogen-bond acceptors (Lipinski definition) is 2. The Morgan fingerprint density at radius 1 is 1.38 bits per heavy atom. The molecule has 0 aliphatic heterocycles. The molecule has 0 bridgehead atoms. The first-order chi connectivity index (χ1) is 6.18. The molecule has 2 N–H and O–H groups in total. The highest BCUT2D eigenvalue weighted by molar-refractivity contribution is 7.71. The number of fused-ring (bicyclic) bond motifs is 1. The highest BCUT2D eigenvalue weighted by Gasteiger charge is 2.05. The van der Waals surface area contributed by atoms with Crippen LogP contribution in [0.3, 0.4) is 0 Å². The second kappa shape index (κ2) is 2.81. The number of ketones is 1. The molecular weight excluding hydrogens is 184 g/mol. The van der Waals surface area contributed by atoms with Gasteiger partial charge in [0, 0.05) is 5.56 Å². The maximum Gasteiger partial charge on any atom is 0.175 e. The standard InChI is InChI=1S/C9H8N2OS/c1-5(12)6-3-2-4-7-8(6)11-9(13)10-7/h2-4H,1H3,(H2,10,11,13). The molecule has 0 spiro atoms. The van der Waals surface area contributed by atoms with Crippen molar-refractivity contribution in [3.8, 4) is 0 Å². The van der Waals surface area contributed by atoms with Gasteiger partial charge in [-0.2, -0.15) is 0 Å². The molecule has 0 saturated heterocycles. The molecular formula is C9H8N2OS. The van der Waals surface area contributed by atoms with E-state index in [2.05, 4.69) is 9.97 Å². The van der Waals surface area contributed by atoms with E-state index in [0.29, 0.717) is 10.3 Å². The lowest BCUT2D eigenvalue weighted by Crippen LogP contribution is -1.92. The van der Waals surface area contributed by atoms with E-state index in [-0.39, 0.29) is 5.78 Å². The number of Topliss-reactive ketones (excluding diaryl/α,β-unsaturated/α-hetero) is 1. The van der Waals surface area contributed by atoms with Crippen molar-refractivity contribution in [2.24, 2.45) is 0 Å². The van der Waals surface area contributed by atoms with Crippen LogP contribution < -0.4 is 0 Å². The maximum atomic E-state index is 11.2. The number of H-pyrrole nitrogens is 2. The van der Waals surface area contributed by atoms with Crippen molar-refractivity contribution in [3.05, 3.63) is 28.5 Å². The van der Waals surface area contributed by atoms with Gasteiger partial charge in [-0.15, -0.1) is 0 Å². The smallest absolute Gasteiger partial charge is 0.175 e. The second-order valence-electron chi connectivity index (χ2n) is 2.86. The summed E-state index contributed by atoms with van der Waals surface area (Å²) >= 11 is 4.94. The fraction of sp³-hybridized carbons (Fsp3) is 0.111. The van der Waals surface area contributed by atoms with Gasteiger partial charge < -0.3 is 9.97 Å². The van der Waals surface area contributed by atoms with Gasteiger partial charge >= 0.3 is 0 Å². The summed E-state index contributed by atoms with van der Waals surface area (Å²) in [5.74, 6) is 0.0378. The average Bonchev–Trinajstić information content (AvgIpc) is 2.43. The summed E-state index contributed by atoms with van der Waals surface area (Å²) in [5.41, 5.74) is 2.34. The zero-order valence-corrected chi connectivity index (χ0v) is 7.87. The Morgan fingerprint density at radius 3 is 2.85 bits per heavy atom. The van der Waals surface area contributed by atoms with Gasteiger partial charge in [0.1, 0.15) is 0 Å². The number of para-hydroxylation sites is 1. The van der Waals surface area contributed by atoms with E-state index in [4.69, 9.17) is 12.2 Å². The van der Waals surface area contributed by atoms with E-state index in [0.717, 1.165) is 11.0 Å². The third kappa shape index (κ3) is 1.29. The van der Waals surface area contributed by atoms with Crippen molar-refractivity contribution in [1.29, 1.82) is 0 Å². The molecule has 4 heteroatoms. The van der Waals surface area contributed by atoms with Crippen molar-refractivity contribution in [1.82, 2.24) is 9.97 Å². The first-order valence-electron chi connectivity index (χ1n) is 3.90. The average molecular weight is 192 g/mol. The molecule has 0 aliphatic rings. The summed E-state index contributed by atoms with van der Waals surface area (Å²) < 4.78 is 0.545. The SMILES string of the molecule is CC(=O)c1cccc2[nH]c(=S)[nH]c12. The Kier molecular flexibility index (Phi) is 1.77. The Balaban J connectivity index is 2.90. The molecule has 0 fully saturated rings. The van der Waals surface area contributed by atoms with Gasteiger partial charge in [-0.1, -0.05) is 6.07 Å². The monoisotopic (exact) mass is 192 g/mol. The number of imidazole rings is 1. The predicted molar refractivity (Wildman–Crippen MR) is 53.5 cm³/mol. The molecule has 0 unspecified atom stereocenters. The fourth-order valence-corrected chi connectivity index (χ4v) is 1.56. The number of nitrogens with one attached hydrogen (secondary N) is 2. The summed E-state index contributed by atoms with van der Waals surface area (Å²) in [5, 5.41) is 0. The van der Waals surface area contributed by atoms with Crippen LogP contribution in [0.15, 0.2) is 18.2 Å². The number of aromatic nitrogens is 2. The summed E-state index contributed by atoms with van der Waals surface area (Å²) in [4.78, 5) is 17.1. The third-order valence-electron chi connectivity index (χ3n) is 1.93. The van der Waals surface area contributed by atoms with Crippen molar-refractivity contribution in [2.75, 3.05) is 0 Å². The Bertz CT molecular complexity index is 524. The number of hydrogen-bond donors (Lipinski definition) is 2. The first kappa shape index (κ1) is 8.19. The predicted octanol–water partition coefficient (Wildman–Crippen LogP) is 2.43.